The molecule has 2 heterocycles. The second kappa shape index (κ2) is 16.1. The Morgan fingerprint density at radius 3 is 2.12 bits per heavy atom. The first-order valence-electron chi connectivity index (χ1n) is 14.7. The fourth-order valence-corrected chi connectivity index (χ4v) is 3.98. The Balaban J connectivity index is 0.00000191. The molecule has 6 heteroatoms. The summed E-state index contributed by atoms with van der Waals surface area (Å²) in [5.74, 6) is 1.29. The van der Waals surface area contributed by atoms with Crippen molar-refractivity contribution in [3.8, 4) is 0 Å². The highest BCUT2D eigenvalue weighted by Crippen LogP contribution is 2.35. The van der Waals surface area contributed by atoms with Gasteiger partial charge in [-0.2, -0.15) is 0 Å². The van der Waals surface area contributed by atoms with Gasteiger partial charge in [0.25, 0.3) is 0 Å². The molecule has 1 aliphatic carbocycles. The first-order chi connectivity index (χ1) is 18.9. The summed E-state index contributed by atoms with van der Waals surface area (Å²) in [5, 5.41) is 1.79. The van der Waals surface area contributed by atoms with Crippen LogP contribution in [-0.2, 0) is 9.53 Å². The minimum absolute atomic E-state index is 0.240. The van der Waals surface area contributed by atoms with Gasteiger partial charge in [-0.3, -0.25) is 14.7 Å². The number of ether oxygens (including phenoxy) is 1. The van der Waals surface area contributed by atoms with E-state index in [1.54, 1.807) is 19.4 Å². The van der Waals surface area contributed by atoms with E-state index in [2.05, 4.69) is 11.9 Å². The van der Waals surface area contributed by atoms with Crippen molar-refractivity contribution in [2.24, 2.45) is 5.92 Å². The number of hydrogen-bond donors (Lipinski definition) is 0. The van der Waals surface area contributed by atoms with Crippen LogP contribution in [0.4, 0.5) is 10.6 Å². The number of Topliss-reactive ketones (excluding diaryl/α,β-unsaturated/α-hetero) is 1. The molecule has 0 unspecified atom stereocenters. The van der Waals surface area contributed by atoms with Crippen LogP contribution in [0.25, 0.3) is 16.3 Å². The summed E-state index contributed by atoms with van der Waals surface area (Å²) >= 11 is 0. The van der Waals surface area contributed by atoms with Crippen molar-refractivity contribution in [3.63, 3.8) is 0 Å². The van der Waals surface area contributed by atoms with E-state index in [0.29, 0.717) is 18.2 Å². The highest BCUT2D eigenvalue weighted by molar-refractivity contribution is 6.00. The highest BCUT2D eigenvalue weighted by Gasteiger charge is 2.26. The summed E-state index contributed by atoms with van der Waals surface area (Å²) in [4.78, 5) is 36.0. The predicted molar refractivity (Wildman–Crippen MR) is 170 cm³/mol. The van der Waals surface area contributed by atoms with Crippen LogP contribution in [0.1, 0.15) is 108 Å². The first-order valence-corrected chi connectivity index (χ1v) is 14.7. The molecule has 1 aliphatic rings. The van der Waals surface area contributed by atoms with Crippen molar-refractivity contribution in [2.45, 2.75) is 107 Å². The van der Waals surface area contributed by atoms with Crippen LogP contribution in [0.5, 0.6) is 0 Å². The van der Waals surface area contributed by atoms with Crippen molar-refractivity contribution >= 4 is 34.0 Å². The van der Waals surface area contributed by atoms with Crippen LogP contribution in [0.3, 0.4) is 0 Å². The molecular formula is C34H51N3O3. The van der Waals surface area contributed by atoms with E-state index < -0.39 is 11.7 Å². The van der Waals surface area contributed by atoms with Gasteiger partial charge in [0.05, 0.1) is 5.69 Å². The van der Waals surface area contributed by atoms with Crippen LogP contribution >= 0.6 is 0 Å². The lowest BCUT2D eigenvalue weighted by Gasteiger charge is -2.24. The normalized spacial score (nSPS) is 14.3. The number of amides is 1. The maximum atomic E-state index is 13.0. The molecule has 1 fully saturated rings. The molecule has 1 saturated carbocycles. The lowest BCUT2D eigenvalue weighted by molar-refractivity contribution is -0.115. The summed E-state index contributed by atoms with van der Waals surface area (Å²) in [6.45, 7) is 21.6. The fraction of sp³-hybridized carbons (Fsp3) is 0.529. The molecule has 0 saturated heterocycles. The van der Waals surface area contributed by atoms with Gasteiger partial charge in [-0.05, 0) is 96.1 Å². The van der Waals surface area contributed by atoms with Gasteiger partial charge in [-0.25, -0.2) is 9.78 Å². The maximum absolute atomic E-state index is 13.0. The van der Waals surface area contributed by atoms with E-state index in [9.17, 15) is 9.59 Å². The van der Waals surface area contributed by atoms with Crippen LogP contribution in [0.15, 0.2) is 53.4 Å². The van der Waals surface area contributed by atoms with Crippen LogP contribution in [-0.4, -0.2) is 34.5 Å². The third-order valence-electron chi connectivity index (χ3n) is 6.41. The van der Waals surface area contributed by atoms with Gasteiger partial charge in [0.15, 0.2) is 5.78 Å². The number of aromatic nitrogens is 2. The first kappa shape index (κ1) is 34.7. The molecule has 0 N–H and O–H groups in total. The van der Waals surface area contributed by atoms with E-state index in [1.807, 2.05) is 93.5 Å². The number of anilines is 1. The minimum atomic E-state index is -0.583. The van der Waals surface area contributed by atoms with Crippen molar-refractivity contribution in [1.82, 2.24) is 9.97 Å². The number of hydrogen-bond acceptors (Lipinski definition) is 5. The molecule has 1 amide bonds. The second-order valence-electron chi connectivity index (χ2n) is 10.6. The Bertz CT molecular complexity index is 1240. The maximum Gasteiger partial charge on any atom is 0.415 e. The Kier molecular flexibility index (Phi) is 14.0. The minimum Gasteiger partial charge on any atom is -0.443 e. The monoisotopic (exact) mass is 549 g/mol. The number of pyridine rings is 2. The molecule has 2 aromatic heterocycles. The van der Waals surface area contributed by atoms with E-state index in [1.165, 1.54) is 4.90 Å². The average molecular weight is 550 g/mol. The number of carbonyl (C=O) groups is 2. The molecule has 0 spiro atoms. The zero-order chi connectivity index (χ0) is 30.6. The van der Waals surface area contributed by atoms with E-state index >= 15 is 0 Å². The summed E-state index contributed by atoms with van der Waals surface area (Å²) in [6.07, 6.45) is 11.0. The average Bonchev–Trinajstić information content (AvgIpc) is 3.76. The van der Waals surface area contributed by atoms with E-state index in [4.69, 9.17) is 9.72 Å². The lowest BCUT2D eigenvalue weighted by Crippen LogP contribution is -2.34. The summed E-state index contributed by atoms with van der Waals surface area (Å²) < 4.78 is 5.45. The number of fused-ring (bicyclic) bond motifs is 1. The SMILES string of the molecule is CC.CC.C\C=C(/C(C)=C\C(C(=O)CC1CC1)=C(/C)CC)c1cc2cnc(N(C)C(=O)OC(C)(C)C)cc2cn1. The third kappa shape index (κ3) is 10.0. The molecule has 0 bridgehead atoms. The molecular weight excluding hydrogens is 498 g/mol. The summed E-state index contributed by atoms with van der Waals surface area (Å²) in [5.41, 5.74) is 4.17. The largest absolute Gasteiger partial charge is 0.443 e. The van der Waals surface area contributed by atoms with Gasteiger partial charge in [0.1, 0.15) is 11.4 Å². The van der Waals surface area contributed by atoms with E-state index in [-0.39, 0.29) is 5.78 Å². The quantitative estimate of drug-likeness (QED) is 0.242. The summed E-state index contributed by atoms with van der Waals surface area (Å²) in [6, 6.07) is 3.82. The third-order valence-corrected chi connectivity index (χ3v) is 6.41. The smallest absolute Gasteiger partial charge is 0.415 e. The summed E-state index contributed by atoms with van der Waals surface area (Å²) in [7, 11) is 1.64. The molecule has 2 aromatic rings. The zero-order valence-corrected chi connectivity index (χ0v) is 26.9. The second-order valence-corrected chi connectivity index (χ2v) is 10.6. The molecule has 0 atom stereocenters. The Labute approximate surface area is 242 Å². The van der Waals surface area contributed by atoms with Gasteiger partial charge in [0, 0.05) is 42.2 Å². The topological polar surface area (TPSA) is 72.4 Å². The lowest BCUT2D eigenvalue weighted by atomic mass is 9.94. The fourth-order valence-electron chi connectivity index (χ4n) is 3.98. The molecule has 40 heavy (non-hydrogen) atoms. The number of ketones is 1. The number of nitrogens with zero attached hydrogens (tertiary/aromatic N) is 3. The van der Waals surface area contributed by atoms with Crippen molar-refractivity contribution in [2.75, 3.05) is 11.9 Å². The van der Waals surface area contributed by atoms with Gasteiger partial charge in [0.2, 0.25) is 0 Å². The predicted octanol–water partition coefficient (Wildman–Crippen LogP) is 9.50. The van der Waals surface area contributed by atoms with Crippen LogP contribution < -0.4 is 4.90 Å². The van der Waals surface area contributed by atoms with Gasteiger partial charge >= 0.3 is 6.09 Å². The van der Waals surface area contributed by atoms with Gasteiger partial charge in [-0.15, -0.1) is 0 Å². The van der Waals surface area contributed by atoms with Crippen LogP contribution in [0.2, 0.25) is 0 Å². The zero-order valence-electron chi connectivity index (χ0n) is 26.9. The van der Waals surface area contributed by atoms with Crippen molar-refractivity contribution in [1.29, 1.82) is 0 Å². The highest BCUT2D eigenvalue weighted by atomic mass is 16.6. The van der Waals surface area contributed by atoms with Crippen molar-refractivity contribution in [3.05, 3.63) is 59.1 Å². The molecule has 0 radical (unpaired) electrons. The molecule has 6 nitrogen and oxygen atoms in total. The molecule has 0 aromatic carbocycles. The van der Waals surface area contributed by atoms with Gasteiger partial charge < -0.3 is 4.74 Å². The van der Waals surface area contributed by atoms with Gasteiger partial charge in [-0.1, -0.05) is 46.3 Å². The number of rotatable bonds is 8. The Morgan fingerprint density at radius 2 is 1.60 bits per heavy atom. The molecule has 0 aliphatic heterocycles. The number of allylic oxidation sites excluding steroid dienone is 6. The standard InChI is InChI=1S/C30H39N3O3.2C2H6/c1-9-19(3)25(27(34)14-21-11-12-21)13-20(4)24(10-2)26-15-22-18-32-28(16-23(22)17-31-26)33(8)29(35)36-30(5,6)7;2*1-2/h10,13,15-18,21H,9,11-12,14H2,1-8H3;2*1-2H3/b20-13-,24-10+,25-19-;;. The Morgan fingerprint density at radius 1 is 1.02 bits per heavy atom. The van der Waals surface area contributed by atoms with Crippen LogP contribution in [0, 0.1) is 5.92 Å². The van der Waals surface area contributed by atoms with Crippen molar-refractivity contribution < 1.29 is 14.3 Å². The molecule has 220 valence electrons. The Hall–Kier alpha value is -3.28. The number of carbonyl (C=O) groups excluding carboxylic acids is 2. The molecule has 3 rings (SSSR count). The van der Waals surface area contributed by atoms with E-state index in [0.717, 1.165) is 58.0 Å².